The lowest BCUT2D eigenvalue weighted by Crippen LogP contribution is -2.40. The molecule has 0 aromatic carbocycles. The minimum absolute atomic E-state index is 0.00438. The van der Waals surface area contributed by atoms with Crippen LogP contribution in [0.15, 0.2) is 0 Å². The molecular weight excluding hydrogens is 206 g/mol. The molecule has 0 aromatic heterocycles. The smallest absolute Gasteiger partial charge is 0.249 e. The third kappa shape index (κ3) is 2.95. The molecule has 0 spiro atoms. The van der Waals surface area contributed by atoms with E-state index in [1.54, 1.807) is 0 Å². The van der Waals surface area contributed by atoms with E-state index in [4.69, 9.17) is 4.74 Å². The molecule has 0 aromatic rings. The second-order valence-corrected chi connectivity index (χ2v) is 4.86. The first-order chi connectivity index (χ1) is 7.77. The van der Waals surface area contributed by atoms with Crippen LogP contribution in [-0.2, 0) is 9.53 Å². The van der Waals surface area contributed by atoms with Gasteiger partial charge in [-0.25, -0.2) is 0 Å². The van der Waals surface area contributed by atoms with Crippen LogP contribution >= 0.6 is 0 Å². The summed E-state index contributed by atoms with van der Waals surface area (Å²) in [6, 6.07) is 0. The number of nitrogens with one attached hydrogen (secondary N) is 1. The Morgan fingerprint density at radius 3 is 2.75 bits per heavy atom. The molecule has 92 valence electrons. The summed E-state index contributed by atoms with van der Waals surface area (Å²) in [6.45, 7) is 1.30. The maximum atomic E-state index is 11.7. The monoisotopic (exact) mass is 227 g/mol. The Bertz CT molecular complexity index is 238. The maximum Gasteiger partial charge on any atom is 0.249 e. The van der Waals surface area contributed by atoms with Gasteiger partial charge in [0, 0.05) is 19.1 Å². The van der Waals surface area contributed by atoms with Crippen molar-refractivity contribution in [2.45, 2.75) is 50.7 Å². The van der Waals surface area contributed by atoms with Gasteiger partial charge >= 0.3 is 0 Å². The second-order valence-electron chi connectivity index (χ2n) is 4.86. The number of amides is 1. The molecule has 0 radical (unpaired) electrons. The molecule has 1 aliphatic heterocycles. The molecular formula is C12H21NO3. The van der Waals surface area contributed by atoms with Crippen LogP contribution in [-0.4, -0.2) is 36.4 Å². The Morgan fingerprint density at radius 2 is 2.06 bits per heavy atom. The van der Waals surface area contributed by atoms with Gasteiger partial charge in [-0.1, -0.05) is 12.8 Å². The maximum absolute atomic E-state index is 11.7. The summed E-state index contributed by atoms with van der Waals surface area (Å²) in [5, 5.41) is 12.7. The molecule has 2 N–H and O–H groups in total. The predicted octanol–water partition coefficient (Wildman–Crippen LogP) is 0.833. The summed E-state index contributed by atoms with van der Waals surface area (Å²) in [6.07, 6.45) is 5.49. The van der Waals surface area contributed by atoms with Crippen LogP contribution in [0, 0.1) is 5.92 Å². The highest BCUT2D eigenvalue weighted by Crippen LogP contribution is 2.23. The standard InChI is InChI=1S/C12H21NO3/c14-10-5-2-1-4-9(10)8-13-12(15)11-6-3-7-16-11/h9-11,14H,1-8H2,(H,13,15). The molecule has 4 nitrogen and oxygen atoms in total. The van der Waals surface area contributed by atoms with Gasteiger partial charge in [0.15, 0.2) is 0 Å². The molecule has 3 unspecified atom stereocenters. The number of hydrogen-bond donors (Lipinski definition) is 2. The van der Waals surface area contributed by atoms with Crippen LogP contribution in [0.25, 0.3) is 0 Å². The van der Waals surface area contributed by atoms with Crippen LogP contribution in [0.2, 0.25) is 0 Å². The number of carbonyl (C=O) groups excluding carboxylic acids is 1. The van der Waals surface area contributed by atoms with Crippen molar-refractivity contribution in [3.05, 3.63) is 0 Å². The van der Waals surface area contributed by atoms with Gasteiger partial charge in [0.1, 0.15) is 6.10 Å². The Labute approximate surface area is 96.4 Å². The van der Waals surface area contributed by atoms with Crippen LogP contribution in [0.3, 0.4) is 0 Å². The van der Waals surface area contributed by atoms with E-state index >= 15 is 0 Å². The van der Waals surface area contributed by atoms with Crippen LogP contribution in [0.5, 0.6) is 0 Å². The van der Waals surface area contributed by atoms with Gasteiger partial charge in [0.25, 0.3) is 0 Å². The average Bonchev–Trinajstić information content (AvgIpc) is 2.81. The fourth-order valence-corrected chi connectivity index (χ4v) is 2.56. The van der Waals surface area contributed by atoms with Crippen molar-refractivity contribution in [1.82, 2.24) is 5.32 Å². The molecule has 0 bridgehead atoms. The predicted molar refractivity (Wildman–Crippen MR) is 59.9 cm³/mol. The van der Waals surface area contributed by atoms with Gasteiger partial charge in [0.2, 0.25) is 5.91 Å². The van der Waals surface area contributed by atoms with Crippen molar-refractivity contribution in [1.29, 1.82) is 0 Å². The molecule has 2 rings (SSSR count). The minimum Gasteiger partial charge on any atom is -0.393 e. The summed E-state index contributed by atoms with van der Waals surface area (Å²) < 4.78 is 5.31. The number of carbonyl (C=O) groups is 1. The quantitative estimate of drug-likeness (QED) is 0.751. The second kappa shape index (κ2) is 5.64. The molecule has 2 aliphatic rings. The lowest BCUT2D eigenvalue weighted by atomic mass is 9.86. The molecule has 1 saturated heterocycles. The van der Waals surface area contributed by atoms with E-state index in [9.17, 15) is 9.90 Å². The largest absolute Gasteiger partial charge is 0.393 e. The SMILES string of the molecule is O=C(NCC1CCCCC1O)C1CCCO1. The molecule has 16 heavy (non-hydrogen) atoms. The zero-order valence-electron chi connectivity index (χ0n) is 9.65. The van der Waals surface area contributed by atoms with Gasteiger partial charge in [-0.2, -0.15) is 0 Å². The van der Waals surface area contributed by atoms with E-state index in [2.05, 4.69) is 5.32 Å². The third-order valence-corrected chi connectivity index (χ3v) is 3.63. The number of hydrogen-bond acceptors (Lipinski definition) is 3. The number of ether oxygens (including phenoxy) is 1. The highest BCUT2D eigenvalue weighted by molar-refractivity contribution is 5.80. The summed E-state index contributed by atoms with van der Waals surface area (Å²) in [5.74, 6) is 0.231. The van der Waals surface area contributed by atoms with Crippen molar-refractivity contribution in [2.24, 2.45) is 5.92 Å². The molecule has 3 atom stereocenters. The third-order valence-electron chi connectivity index (χ3n) is 3.63. The molecule has 2 fully saturated rings. The number of rotatable bonds is 3. The fraction of sp³-hybridized carbons (Fsp3) is 0.917. The highest BCUT2D eigenvalue weighted by atomic mass is 16.5. The topological polar surface area (TPSA) is 58.6 Å². The van der Waals surface area contributed by atoms with Crippen molar-refractivity contribution in [3.63, 3.8) is 0 Å². The first-order valence-corrected chi connectivity index (χ1v) is 6.35. The molecule has 1 amide bonds. The number of aliphatic hydroxyl groups is 1. The number of aliphatic hydroxyl groups excluding tert-OH is 1. The summed E-state index contributed by atoms with van der Waals surface area (Å²) >= 11 is 0. The zero-order valence-corrected chi connectivity index (χ0v) is 9.65. The normalized spacial score (nSPS) is 34.9. The lowest BCUT2D eigenvalue weighted by Gasteiger charge is -2.27. The van der Waals surface area contributed by atoms with Gasteiger partial charge < -0.3 is 15.2 Å². The lowest BCUT2D eigenvalue weighted by molar-refractivity contribution is -0.130. The fourth-order valence-electron chi connectivity index (χ4n) is 2.56. The molecule has 1 saturated carbocycles. The first kappa shape index (κ1) is 11.9. The minimum atomic E-state index is -0.249. The van der Waals surface area contributed by atoms with Gasteiger partial charge in [-0.3, -0.25) is 4.79 Å². The molecule has 4 heteroatoms. The van der Waals surface area contributed by atoms with Crippen molar-refractivity contribution in [3.8, 4) is 0 Å². The van der Waals surface area contributed by atoms with Gasteiger partial charge in [0.05, 0.1) is 6.10 Å². The van der Waals surface area contributed by atoms with Crippen LogP contribution < -0.4 is 5.32 Å². The summed E-state index contributed by atoms with van der Waals surface area (Å²) in [4.78, 5) is 11.7. The van der Waals surface area contributed by atoms with Crippen molar-refractivity contribution < 1.29 is 14.6 Å². The molecule has 1 heterocycles. The van der Waals surface area contributed by atoms with E-state index < -0.39 is 0 Å². The van der Waals surface area contributed by atoms with E-state index in [1.807, 2.05) is 0 Å². The van der Waals surface area contributed by atoms with E-state index in [1.165, 1.54) is 0 Å². The van der Waals surface area contributed by atoms with E-state index in [0.29, 0.717) is 13.2 Å². The van der Waals surface area contributed by atoms with Crippen molar-refractivity contribution >= 4 is 5.91 Å². The van der Waals surface area contributed by atoms with Gasteiger partial charge in [-0.05, 0) is 25.7 Å². The summed E-state index contributed by atoms with van der Waals surface area (Å²) in [7, 11) is 0. The van der Waals surface area contributed by atoms with Crippen molar-refractivity contribution in [2.75, 3.05) is 13.2 Å². The average molecular weight is 227 g/mol. The summed E-state index contributed by atoms with van der Waals surface area (Å²) in [5.41, 5.74) is 0. The highest BCUT2D eigenvalue weighted by Gasteiger charge is 2.26. The van der Waals surface area contributed by atoms with Gasteiger partial charge in [-0.15, -0.1) is 0 Å². The van der Waals surface area contributed by atoms with E-state index in [-0.39, 0.29) is 24.0 Å². The Kier molecular flexibility index (Phi) is 4.18. The Morgan fingerprint density at radius 1 is 1.25 bits per heavy atom. The Balaban J connectivity index is 1.71. The van der Waals surface area contributed by atoms with Crippen LogP contribution in [0.4, 0.5) is 0 Å². The Hall–Kier alpha value is -0.610. The van der Waals surface area contributed by atoms with Crippen LogP contribution in [0.1, 0.15) is 38.5 Å². The first-order valence-electron chi connectivity index (χ1n) is 6.35. The zero-order chi connectivity index (χ0) is 11.4. The molecule has 1 aliphatic carbocycles. The van der Waals surface area contributed by atoms with E-state index in [0.717, 1.165) is 38.5 Å².